The molecule has 1 aliphatic heterocycles. The van der Waals surface area contributed by atoms with Gasteiger partial charge in [0.25, 0.3) is 0 Å². The van der Waals surface area contributed by atoms with Crippen LogP contribution < -0.4 is 15.4 Å². The Kier molecular flexibility index (Phi) is 3.19. The van der Waals surface area contributed by atoms with Gasteiger partial charge in [-0.05, 0) is 13.3 Å². The van der Waals surface area contributed by atoms with Crippen molar-refractivity contribution in [3.05, 3.63) is 11.9 Å². The normalized spacial score (nSPS) is 17.8. The molecule has 1 aliphatic rings. The molecule has 17 heavy (non-hydrogen) atoms. The zero-order valence-electron chi connectivity index (χ0n) is 10.7. The molecule has 1 saturated heterocycles. The SMILES string of the molecule is CCCC1(N)CN(c2cc(OC)nc(C)n2)C1. The summed E-state index contributed by atoms with van der Waals surface area (Å²) in [5.41, 5.74) is 6.19. The van der Waals surface area contributed by atoms with Crippen LogP contribution >= 0.6 is 0 Å². The van der Waals surface area contributed by atoms with Crippen molar-refractivity contribution in [3.8, 4) is 5.88 Å². The minimum absolute atomic E-state index is 0.0408. The maximum absolute atomic E-state index is 6.23. The smallest absolute Gasteiger partial charge is 0.218 e. The molecule has 1 aromatic heterocycles. The largest absolute Gasteiger partial charge is 0.481 e. The summed E-state index contributed by atoms with van der Waals surface area (Å²) in [6.45, 7) is 5.75. The van der Waals surface area contributed by atoms with Crippen molar-refractivity contribution >= 4 is 5.82 Å². The van der Waals surface area contributed by atoms with Gasteiger partial charge >= 0.3 is 0 Å². The molecule has 0 aliphatic carbocycles. The first-order valence-electron chi connectivity index (χ1n) is 6.00. The fraction of sp³-hybridized carbons (Fsp3) is 0.667. The summed E-state index contributed by atoms with van der Waals surface area (Å²) in [4.78, 5) is 10.8. The highest BCUT2D eigenvalue weighted by atomic mass is 16.5. The van der Waals surface area contributed by atoms with Crippen molar-refractivity contribution in [2.24, 2.45) is 5.73 Å². The Morgan fingerprint density at radius 3 is 2.76 bits per heavy atom. The molecule has 0 spiro atoms. The Hall–Kier alpha value is -1.36. The number of hydrogen-bond donors (Lipinski definition) is 1. The number of methoxy groups -OCH3 is 1. The van der Waals surface area contributed by atoms with Crippen molar-refractivity contribution < 1.29 is 4.74 Å². The number of aromatic nitrogens is 2. The Morgan fingerprint density at radius 1 is 1.47 bits per heavy atom. The van der Waals surface area contributed by atoms with E-state index in [1.165, 1.54) is 0 Å². The lowest BCUT2D eigenvalue weighted by Gasteiger charge is -2.48. The molecule has 5 nitrogen and oxygen atoms in total. The second-order valence-electron chi connectivity index (χ2n) is 4.78. The first kappa shape index (κ1) is 12.1. The van der Waals surface area contributed by atoms with E-state index in [9.17, 15) is 0 Å². The number of nitrogens with zero attached hydrogens (tertiary/aromatic N) is 3. The predicted molar refractivity (Wildman–Crippen MR) is 67.4 cm³/mol. The lowest BCUT2D eigenvalue weighted by atomic mass is 9.86. The molecule has 1 aromatic rings. The van der Waals surface area contributed by atoms with Gasteiger partial charge in [-0.3, -0.25) is 0 Å². The molecule has 0 saturated carbocycles. The number of hydrogen-bond acceptors (Lipinski definition) is 5. The zero-order valence-corrected chi connectivity index (χ0v) is 10.7. The topological polar surface area (TPSA) is 64.3 Å². The molecule has 0 atom stereocenters. The van der Waals surface area contributed by atoms with E-state index in [2.05, 4.69) is 21.8 Å². The van der Waals surface area contributed by atoms with Crippen LogP contribution in [0.15, 0.2) is 6.07 Å². The molecular weight excluding hydrogens is 216 g/mol. The molecule has 94 valence electrons. The van der Waals surface area contributed by atoms with Crippen LogP contribution in [0.5, 0.6) is 5.88 Å². The average molecular weight is 236 g/mol. The van der Waals surface area contributed by atoms with Gasteiger partial charge < -0.3 is 15.4 Å². The monoisotopic (exact) mass is 236 g/mol. The van der Waals surface area contributed by atoms with E-state index in [0.717, 1.165) is 37.6 Å². The molecule has 0 radical (unpaired) electrons. The highest BCUT2D eigenvalue weighted by Gasteiger charge is 2.39. The zero-order chi connectivity index (χ0) is 12.5. The Morgan fingerprint density at radius 2 is 2.18 bits per heavy atom. The molecule has 0 amide bonds. The maximum atomic E-state index is 6.23. The van der Waals surface area contributed by atoms with E-state index in [4.69, 9.17) is 10.5 Å². The Balaban J connectivity index is 2.08. The van der Waals surface area contributed by atoms with Crippen LogP contribution in [0, 0.1) is 6.92 Å². The van der Waals surface area contributed by atoms with Crippen molar-refractivity contribution in [1.29, 1.82) is 0 Å². The number of aryl methyl sites for hydroxylation is 1. The first-order chi connectivity index (χ1) is 8.06. The molecule has 1 fully saturated rings. The highest BCUT2D eigenvalue weighted by molar-refractivity contribution is 5.46. The van der Waals surface area contributed by atoms with Crippen molar-refractivity contribution in [1.82, 2.24) is 9.97 Å². The van der Waals surface area contributed by atoms with Gasteiger partial charge in [-0.15, -0.1) is 0 Å². The van der Waals surface area contributed by atoms with E-state index in [1.54, 1.807) is 7.11 Å². The second kappa shape index (κ2) is 4.49. The molecule has 2 heterocycles. The van der Waals surface area contributed by atoms with Crippen molar-refractivity contribution in [2.45, 2.75) is 32.2 Å². The lowest BCUT2D eigenvalue weighted by molar-refractivity contribution is 0.305. The van der Waals surface area contributed by atoms with E-state index in [-0.39, 0.29) is 5.54 Å². The third-order valence-corrected chi connectivity index (χ3v) is 3.09. The van der Waals surface area contributed by atoms with E-state index in [0.29, 0.717) is 5.88 Å². The molecule has 0 bridgehead atoms. The van der Waals surface area contributed by atoms with Crippen LogP contribution in [0.25, 0.3) is 0 Å². The van der Waals surface area contributed by atoms with Gasteiger partial charge in [0.15, 0.2) is 0 Å². The van der Waals surface area contributed by atoms with Crippen LogP contribution in [-0.4, -0.2) is 35.7 Å². The summed E-state index contributed by atoms with van der Waals surface area (Å²) in [5.74, 6) is 2.24. The summed E-state index contributed by atoms with van der Waals surface area (Å²) in [6.07, 6.45) is 2.18. The minimum Gasteiger partial charge on any atom is -0.481 e. The van der Waals surface area contributed by atoms with E-state index < -0.39 is 0 Å². The third-order valence-electron chi connectivity index (χ3n) is 3.09. The quantitative estimate of drug-likeness (QED) is 0.848. The number of rotatable bonds is 4. The van der Waals surface area contributed by atoms with Crippen LogP contribution in [0.1, 0.15) is 25.6 Å². The van der Waals surface area contributed by atoms with Crippen molar-refractivity contribution in [2.75, 3.05) is 25.1 Å². The van der Waals surface area contributed by atoms with Crippen LogP contribution in [0.3, 0.4) is 0 Å². The average Bonchev–Trinajstić information content (AvgIpc) is 2.25. The molecule has 2 rings (SSSR count). The number of anilines is 1. The highest BCUT2D eigenvalue weighted by Crippen LogP contribution is 2.29. The van der Waals surface area contributed by atoms with Gasteiger partial charge in [-0.2, -0.15) is 4.98 Å². The van der Waals surface area contributed by atoms with Crippen LogP contribution in [0.4, 0.5) is 5.82 Å². The van der Waals surface area contributed by atoms with Gasteiger partial charge in [-0.25, -0.2) is 4.98 Å². The standard InChI is InChI=1S/C12H20N4O/c1-4-5-12(13)7-16(8-12)10-6-11(17-3)15-9(2)14-10/h6H,4-5,7-8,13H2,1-3H3. The summed E-state index contributed by atoms with van der Waals surface area (Å²) >= 11 is 0. The van der Waals surface area contributed by atoms with Gasteiger partial charge in [0.05, 0.1) is 12.6 Å². The maximum Gasteiger partial charge on any atom is 0.218 e. The van der Waals surface area contributed by atoms with Gasteiger partial charge in [-0.1, -0.05) is 13.3 Å². The second-order valence-corrected chi connectivity index (χ2v) is 4.78. The summed E-state index contributed by atoms with van der Waals surface area (Å²) in [5, 5.41) is 0. The third kappa shape index (κ3) is 2.49. The van der Waals surface area contributed by atoms with Gasteiger partial charge in [0.2, 0.25) is 5.88 Å². The summed E-state index contributed by atoms with van der Waals surface area (Å²) in [7, 11) is 1.62. The summed E-state index contributed by atoms with van der Waals surface area (Å²) < 4.78 is 5.14. The Bertz CT molecular complexity index is 401. The van der Waals surface area contributed by atoms with Gasteiger partial charge in [0.1, 0.15) is 11.6 Å². The van der Waals surface area contributed by atoms with Crippen LogP contribution in [-0.2, 0) is 0 Å². The van der Waals surface area contributed by atoms with E-state index in [1.807, 2.05) is 13.0 Å². The molecule has 2 N–H and O–H groups in total. The fourth-order valence-electron chi connectivity index (χ4n) is 2.32. The van der Waals surface area contributed by atoms with Crippen LogP contribution in [0.2, 0.25) is 0 Å². The first-order valence-corrected chi connectivity index (χ1v) is 6.00. The molecular formula is C12H20N4O. The van der Waals surface area contributed by atoms with Gasteiger partial charge in [0, 0.05) is 19.2 Å². The predicted octanol–water partition coefficient (Wildman–Crippen LogP) is 1.11. The Labute approximate surface area is 102 Å². The lowest BCUT2D eigenvalue weighted by Crippen LogP contribution is -2.67. The number of ether oxygens (including phenoxy) is 1. The summed E-state index contributed by atoms with van der Waals surface area (Å²) in [6, 6.07) is 1.86. The molecule has 5 heteroatoms. The van der Waals surface area contributed by atoms with E-state index >= 15 is 0 Å². The fourth-order valence-corrected chi connectivity index (χ4v) is 2.32. The molecule has 0 aromatic carbocycles. The molecule has 0 unspecified atom stereocenters. The minimum atomic E-state index is -0.0408. The van der Waals surface area contributed by atoms with Crippen molar-refractivity contribution in [3.63, 3.8) is 0 Å². The number of nitrogens with two attached hydrogens (primary N) is 1.